The van der Waals surface area contributed by atoms with Crippen LogP contribution in [0.3, 0.4) is 0 Å². The van der Waals surface area contributed by atoms with Crippen LogP contribution in [-0.4, -0.2) is 41.6 Å². The molecule has 0 atom stereocenters. The van der Waals surface area contributed by atoms with Crippen LogP contribution in [0.25, 0.3) is 11.0 Å². The Labute approximate surface area is 200 Å². The quantitative estimate of drug-likeness (QED) is 0.543. The Morgan fingerprint density at radius 3 is 2.47 bits per heavy atom. The highest BCUT2D eigenvalue weighted by Crippen LogP contribution is 2.31. The topological polar surface area (TPSA) is 81.0 Å². The third kappa shape index (κ3) is 5.71. The largest absolute Gasteiger partial charge is 0.489 e. The van der Waals surface area contributed by atoms with Crippen molar-refractivity contribution in [1.29, 1.82) is 0 Å². The summed E-state index contributed by atoms with van der Waals surface area (Å²) >= 11 is 0. The van der Waals surface area contributed by atoms with E-state index in [1.165, 1.54) is 0 Å². The Hall–Kier alpha value is -3.48. The zero-order valence-electron chi connectivity index (χ0n) is 20.2. The number of likely N-dealkylation sites (tertiary alicyclic amines) is 1. The van der Waals surface area contributed by atoms with Crippen LogP contribution in [0.15, 0.2) is 52.9 Å². The zero-order valence-corrected chi connectivity index (χ0v) is 20.2. The fraction of sp³-hybridized carbons (Fsp3) is 0.407. The minimum Gasteiger partial charge on any atom is -0.489 e. The number of carbonyl (C=O) groups excluding carboxylic acids is 2. The van der Waals surface area contributed by atoms with Gasteiger partial charge in [0.25, 0.3) is 5.91 Å². The molecule has 0 unspecified atom stereocenters. The van der Waals surface area contributed by atoms with E-state index in [1.807, 2.05) is 81.1 Å². The molecule has 3 aromatic rings. The zero-order chi connectivity index (χ0) is 24.3. The molecule has 1 aliphatic rings. The highest BCUT2D eigenvalue weighted by atomic mass is 16.6. The van der Waals surface area contributed by atoms with Crippen molar-refractivity contribution in [2.24, 2.45) is 0 Å². The molecule has 2 aromatic carbocycles. The van der Waals surface area contributed by atoms with Crippen molar-refractivity contribution in [3.05, 3.63) is 65.4 Å². The van der Waals surface area contributed by atoms with Crippen LogP contribution in [0.5, 0.6) is 5.75 Å². The highest BCUT2D eigenvalue weighted by Gasteiger charge is 2.29. The molecule has 180 valence electrons. The third-order valence-electron chi connectivity index (χ3n) is 5.80. The van der Waals surface area contributed by atoms with Crippen molar-refractivity contribution in [1.82, 2.24) is 10.2 Å². The lowest BCUT2D eigenvalue weighted by Gasteiger charge is -2.32. The normalized spacial score (nSPS) is 14.8. The molecule has 1 aliphatic heterocycles. The maximum Gasteiger partial charge on any atom is 0.407 e. The van der Waals surface area contributed by atoms with Crippen molar-refractivity contribution >= 4 is 23.0 Å². The van der Waals surface area contributed by atoms with E-state index in [0.717, 1.165) is 10.9 Å². The van der Waals surface area contributed by atoms with Gasteiger partial charge in [-0.1, -0.05) is 30.3 Å². The summed E-state index contributed by atoms with van der Waals surface area (Å²) in [6.07, 6.45) is 0.924. The molecule has 2 amide bonds. The van der Waals surface area contributed by atoms with E-state index in [4.69, 9.17) is 13.9 Å². The lowest BCUT2D eigenvalue weighted by atomic mass is 10.0. The average molecular weight is 465 g/mol. The van der Waals surface area contributed by atoms with Gasteiger partial charge in [-0.25, -0.2) is 4.79 Å². The molecule has 2 heterocycles. The minimum atomic E-state index is -0.537. The Morgan fingerprint density at radius 1 is 1.09 bits per heavy atom. The van der Waals surface area contributed by atoms with E-state index < -0.39 is 11.7 Å². The van der Waals surface area contributed by atoms with Gasteiger partial charge in [0.2, 0.25) is 0 Å². The van der Waals surface area contributed by atoms with Crippen molar-refractivity contribution in [2.75, 3.05) is 13.1 Å². The standard InChI is InChI=1S/C27H32N2O5/c1-18-24(25(30)29-14-12-20(13-15-29)28-26(31)34-27(2,3)4)22-16-21(10-11-23(22)33-18)32-17-19-8-6-5-7-9-19/h5-11,16,20H,12-15,17H2,1-4H3,(H,28,31). The molecule has 0 aliphatic carbocycles. The van der Waals surface area contributed by atoms with Crippen LogP contribution in [0.1, 0.15) is 55.3 Å². The molecular formula is C27H32N2O5. The third-order valence-corrected chi connectivity index (χ3v) is 5.80. The lowest BCUT2D eigenvalue weighted by Crippen LogP contribution is -2.47. The van der Waals surface area contributed by atoms with Crippen LogP contribution < -0.4 is 10.1 Å². The smallest absolute Gasteiger partial charge is 0.407 e. The number of fused-ring (bicyclic) bond motifs is 1. The molecule has 0 bridgehead atoms. The maximum atomic E-state index is 13.4. The summed E-state index contributed by atoms with van der Waals surface area (Å²) in [6, 6.07) is 15.5. The predicted octanol–water partition coefficient (Wildman–Crippen LogP) is 5.45. The van der Waals surface area contributed by atoms with E-state index in [9.17, 15) is 9.59 Å². The SMILES string of the molecule is Cc1oc2ccc(OCc3ccccc3)cc2c1C(=O)N1CCC(NC(=O)OC(C)(C)C)CC1. The first-order valence-corrected chi connectivity index (χ1v) is 11.7. The number of piperidine rings is 1. The number of rotatable bonds is 5. The number of furan rings is 1. The van der Waals surface area contributed by atoms with Gasteiger partial charge in [-0.3, -0.25) is 4.79 Å². The summed E-state index contributed by atoms with van der Waals surface area (Å²) < 4.78 is 17.2. The summed E-state index contributed by atoms with van der Waals surface area (Å²) in [6.45, 7) is 8.88. The summed E-state index contributed by atoms with van der Waals surface area (Å²) in [5, 5.41) is 3.66. The van der Waals surface area contributed by atoms with E-state index in [1.54, 1.807) is 0 Å². The Morgan fingerprint density at radius 2 is 1.79 bits per heavy atom. The molecule has 4 rings (SSSR count). The number of nitrogens with zero attached hydrogens (tertiary/aromatic N) is 1. The number of ether oxygens (including phenoxy) is 2. The summed E-state index contributed by atoms with van der Waals surface area (Å²) in [7, 11) is 0. The monoisotopic (exact) mass is 464 g/mol. The van der Waals surface area contributed by atoms with Gasteiger partial charge >= 0.3 is 6.09 Å². The van der Waals surface area contributed by atoms with Crippen molar-refractivity contribution in [3.8, 4) is 5.75 Å². The van der Waals surface area contributed by atoms with E-state index >= 15 is 0 Å². The predicted molar refractivity (Wildman–Crippen MR) is 130 cm³/mol. The molecular weight excluding hydrogens is 432 g/mol. The van der Waals surface area contributed by atoms with Crippen molar-refractivity contribution in [3.63, 3.8) is 0 Å². The first-order valence-electron chi connectivity index (χ1n) is 11.7. The van der Waals surface area contributed by atoms with Crippen LogP contribution in [0.4, 0.5) is 4.79 Å². The van der Waals surface area contributed by atoms with Crippen LogP contribution in [0.2, 0.25) is 0 Å². The Balaban J connectivity index is 1.42. The molecule has 0 spiro atoms. The number of benzene rings is 2. The first-order chi connectivity index (χ1) is 16.2. The Kier molecular flexibility index (Phi) is 6.82. The van der Waals surface area contributed by atoms with Gasteiger partial charge in [-0.2, -0.15) is 0 Å². The van der Waals surface area contributed by atoms with Crippen molar-refractivity contribution in [2.45, 2.75) is 58.8 Å². The molecule has 0 radical (unpaired) electrons. The summed E-state index contributed by atoms with van der Waals surface area (Å²) in [5.74, 6) is 1.22. The maximum absolute atomic E-state index is 13.4. The molecule has 1 fully saturated rings. The number of hydrogen-bond donors (Lipinski definition) is 1. The van der Waals surface area contributed by atoms with Gasteiger partial charge < -0.3 is 24.1 Å². The van der Waals surface area contributed by atoms with E-state index in [-0.39, 0.29) is 11.9 Å². The van der Waals surface area contributed by atoms with E-state index in [0.29, 0.717) is 55.2 Å². The van der Waals surface area contributed by atoms with Gasteiger partial charge in [0.15, 0.2) is 0 Å². The van der Waals surface area contributed by atoms with Gasteiger partial charge in [0.05, 0.1) is 5.56 Å². The molecule has 1 saturated heterocycles. The van der Waals surface area contributed by atoms with Crippen LogP contribution in [0, 0.1) is 6.92 Å². The number of hydrogen-bond acceptors (Lipinski definition) is 5. The van der Waals surface area contributed by atoms with Gasteiger partial charge in [-0.05, 0) is 64.3 Å². The second kappa shape index (κ2) is 9.79. The Bertz CT molecular complexity index is 1150. The fourth-order valence-electron chi connectivity index (χ4n) is 4.15. The highest BCUT2D eigenvalue weighted by molar-refractivity contribution is 6.07. The number of nitrogens with one attached hydrogen (secondary N) is 1. The van der Waals surface area contributed by atoms with Gasteiger partial charge in [-0.15, -0.1) is 0 Å². The number of carbonyl (C=O) groups is 2. The van der Waals surface area contributed by atoms with Crippen LogP contribution in [-0.2, 0) is 11.3 Å². The van der Waals surface area contributed by atoms with Gasteiger partial charge in [0, 0.05) is 24.5 Å². The number of amides is 2. The minimum absolute atomic E-state index is 0.0147. The molecule has 1 aromatic heterocycles. The first kappa shape index (κ1) is 23.7. The van der Waals surface area contributed by atoms with Crippen molar-refractivity contribution < 1.29 is 23.5 Å². The molecule has 0 saturated carbocycles. The second-order valence-corrected chi connectivity index (χ2v) is 9.68. The molecule has 7 heteroatoms. The summed E-state index contributed by atoms with van der Waals surface area (Å²) in [5.41, 5.74) is 1.77. The summed E-state index contributed by atoms with van der Waals surface area (Å²) in [4.78, 5) is 27.3. The second-order valence-electron chi connectivity index (χ2n) is 9.68. The van der Waals surface area contributed by atoms with E-state index in [2.05, 4.69) is 5.32 Å². The number of alkyl carbamates (subject to hydrolysis) is 1. The lowest BCUT2D eigenvalue weighted by molar-refractivity contribution is 0.0473. The van der Waals surface area contributed by atoms with Gasteiger partial charge in [0.1, 0.15) is 29.3 Å². The average Bonchev–Trinajstić information content (AvgIpc) is 3.12. The molecule has 1 N–H and O–H groups in total. The fourth-order valence-corrected chi connectivity index (χ4v) is 4.15. The number of aryl methyl sites for hydroxylation is 1. The molecule has 7 nitrogen and oxygen atoms in total. The van der Waals surface area contributed by atoms with Crippen LogP contribution >= 0.6 is 0 Å². The molecule has 34 heavy (non-hydrogen) atoms.